The lowest BCUT2D eigenvalue weighted by Gasteiger charge is -2.09. The van der Waals surface area contributed by atoms with Crippen LogP contribution in [0.4, 0.5) is 5.00 Å². The third-order valence-electron chi connectivity index (χ3n) is 4.11. The molecular weight excluding hydrogens is 308 g/mol. The van der Waals surface area contributed by atoms with Gasteiger partial charge in [-0.1, -0.05) is 6.07 Å². The number of aromatic nitrogens is 2. The molecule has 0 spiro atoms. The Bertz CT molecular complexity index is 914. The molecule has 0 aliphatic heterocycles. The molecule has 1 amide bonds. The Kier molecular flexibility index (Phi) is 3.36. The van der Waals surface area contributed by atoms with Crippen LogP contribution in [0.5, 0.6) is 0 Å². The molecule has 0 saturated carbocycles. The Morgan fingerprint density at radius 1 is 1.35 bits per heavy atom. The average molecular weight is 322 g/mol. The number of nitrogens with zero attached hydrogens (tertiary/aromatic N) is 3. The lowest BCUT2D eigenvalue weighted by molar-refractivity contribution is 0.102. The number of amides is 1. The summed E-state index contributed by atoms with van der Waals surface area (Å²) in [5, 5.41) is 17.3. The van der Waals surface area contributed by atoms with E-state index in [0.29, 0.717) is 16.3 Å². The van der Waals surface area contributed by atoms with Crippen molar-refractivity contribution in [2.45, 2.75) is 25.7 Å². The van der Waals surface area contributed by atoms with Crippen LogP contribution in [0.3, 0.4) is 0 Å². The molecule has 0 saturated heterocycles. The Labute approximate surface area is 137 Å². The topological polar surface area (TPSA) is 70.2 Å². The summed E-state index contributed by atoms with van der Waals surface area (Å²) in [4.78, 5) is 13.7. The minimum Gasteiger partial charge on any atom is -0.311 e. The Morgan fingerprint density at radius 2 is 2.22 bits per heavy atom. The number of nitrogens with one attached hydrogen (secondary N) is 1. The SMILES string of the molecule is N#Cc1c(NC(=O)c2cc3ccccn3n2)sc2c1CCCC2. The maximum Gasteiger partial charge on any atom is 0.276 e. The number of fused-ring (bicyclic) bond motifs is 2. The van der Waals surface area contributed by atoms with Crippen molar-refractivity contribution in [3.8, 4) is 6.07 Å². The molecule has 23 heavy (non-hydrogen) atoms. The van der Waals surface area contributed by atoms with Crippen LogP contribution in [0.1, 0.15) is 39.3 Å². The van der Waals surface area contributed by atoms with E-state index in [1.807, 2.05) is 18.2 Å². The van der Waals surface area contributed by atoms with Crippen LogP contribution < -0.4 is 5.32 Å². The summed E-state index contributed by atoms with van der Waals surface area (Å²) in [6.45, 7) is 0. The van der Waals surface area contributed by atoms with E-state index in [4.69, 9.17) is 0 Å². The number of nitriles is 1. The maximum absolute atomic E-state index is 12.5. The first-order chi connectivity index (χ1) is 11.3. The number of carbonyl (C=O) groups excluding carboxylic acids is 1. The van der Waals surface area contributed by atoms with E-state index in [1.165, 1.54) is 16.2 Å². The number of pyridine rings is 1. The lowest BCUT2D eigenvalue weighted by atomic mass is 9.96. The van der Waals surface area contributed by atoms with E-state index < -0.39 is 0 Å². The number of anilines is 1. The third-order valence-corrected chi connectivity index (χ3v) is 5.32. The Balaban J connectivity index is 1.66. The third kappa shape index (κ3) is 2.39. The van der Waals surface area contributed by atoms with Crippen LogP contribution in [-0.4, -0.2) is 15.5 Å². The number of hydrogen-bond donors (Lipinski definition) is 1. The van der Waals surface area contributed by atoms with Gasteiger partial charge in [-0.25, -0.2) is 4.52 Å². The maximum atomic E-state index is 12.5. The van der Waals surface area contributed by atoms with Gasteiger partial charge in [0.05, 0.1) is 11.1 Å². The molecule has 1 aliphatic carbocycles. The number of thiophene rings is 1. The second-order valence-corrected chi connectivity index (χ2v) is 6.69. The molecule has 0 fully saturated rings. The van der Waals surface area contributed by atoms with Crippen LogP contribution in [0.25, 0.3) is 5.52 Å². The second-order valence-electron chi connectivity index (χ2n) is 5.58. The molecule has 3 heterocycles. The molecule has 5 nitrogen and oxygen atoms in total. The summed E-state index contributed by atoms with van der Waals surface area (Å²) in [6, 6.07) is 9.67. The van der Waals surface area contributed by atoms with Gasteiger partial charge in [0.1, 0.15) is 11.1 Å². The van der Waals surface area contributed by atoms with Gasteiger partial charge in [0, 0.05) is 11.1 Å². The Morgan fingerprint density at radius 3 is 3.04 bits per heavy atom. The first kappa shape index (κ1) is 14.0. The lowest BCUT2D eigenvalue weighted by Crippen LogP contribution is -2.12. The zero-order valence-corrected chi connectivity index (χ0v) is 13.2. The highest BCUT2D eigenvalue weighted by molar-refractivity contribution is 7.16. The van der Waals surface area contributed by atoms with Crippen LogP contribution in [0.15, 0.2) is 30.5 Å². The van der Waals surface area contributed by atoms with E-state index in [2.05, 4.69) is 16.5 Å². The molecule has 4 rings (SSSR count). The molecule has 0 atom stereocenters. The monoisotopic (exact) mass is 322 g/mol. The van der Waals surface area contributed by atoms with E-state index >= 15 is 0 Å². The number of rotatable bonds is 2. The van der Waals surface area contributed by atoms with Gasteiger partial charge in [-0.15, -0.1) is 11.3 Å². The van der Waals surface area contributed by atoms with Crippen LogP contribution in [0.2, 0.25) is 0 Å². The molecule has 1 aliphatic rings. The minimum absolute atomic E-state index is 0.274. The summed E-state index contributed by atoms with van der Waals surface area (Å²) < 4.78 is 1.67. The number of hydrogen-bond acceptors (Lipinski definition) is 4. The first-order valence-electron chi connectivity index (χ1n) is 7.56. The largest absolute Gasteiger partial charge is 0.311 e. The summed E-state index contributed by atoms with van der Waals surface area (Å²) in [6.07, 6.45) is 5.99. The van der Waals surface area contributed by atoms with Crippen molar-refractivity contribution in [1.29, 1.82) is 5.26 Å². The summed E-state index contributed by atoms with van der Waals surface area (Å²) >= 11 is 1.53. The highest BCUT2D eigenvalue weighted by atomic mass is 32.1. The average Bonchev–Trinajstić information content (AvgIpc) is 3.15. The van der Waals surface area contributed by atoms with Gasteiger partial charge in [-0.3, -0.25) is 4.79 Å². The normalized spacial score (nSPS) is 13.5. The zero-order chi connectivity index (χ0) is 15.8. The van der Waals surface area contributed by atoms with Crippen LogP contribution in [-0.2, 0) is 12.8 Å². The van der Waals surface area contributed by atoms with Crippen LogP contribution >= 0.6 is 11.3 Å². The molecule has 0 unspecified atom stereocenters. The van der Waals surface area contributed by atoms with Gasteiger partial charge in [0.2, 0.25) is 0 Å². The fraction of sp³-hybridized carbons (Fsp3) is 0.235. The van der Waals surface area contributed by atoms with Gasteiger partial charge in [-0.2, -0.15) is 10.4 Å². The summed E-state index contributed by atoms with van der Waals surface area (Å²) in [5.41, 5.74) is 2.96. The van der Waals surface area contributed by atoms with Crippen molar-refractivity contribution in [1.82, 2.24) is 9.61 Å². The summed E-state index contributed by atoms with van der Waals surface area (Å²) in [5.74, 6) is -0.274. The highest BCUT2D eigenvalue weighted by Gasteiger charge is 2.22. The van der Waals surface area contributed by atoms with Crippen molar-refractivity contribution in [3.63, 3.8) is 0 Å². The van der Waals surface area contributed by atoms with Crippen molar-refractivity contribution >= 4 is 27.8 Å². The van der Waals surface area contributed by atoms with E-state index in [1.54, 1.807) is 16.8 Å². The second kappa shape index (κ2) is 5.52. The van der Waals surface area contributed by atoms with Crippen LogP contribution in [0, 0.1) is 11.3 Å². The van der Waals surface area contributed by atoms with E-state index in [9.17, 15) is 10.1 Å². The molecule has 0 bridgehead atoms. The predicted octanol–water partition coefficient (Wildman–Crippen LogP) is 3.40. The minimum atomic E-state index is -0.274. The standard InChI is InChI=1S/C17H14N4OS/c18-10-13-12-6-1-2-7-15(12)23-17(13)19-16(22)14-9-11-5-3-4-8-21(11)20-14/h3-5,8-9H,1-2,6-7H2,(H,19,22). The smallest absolute Gasteiger partial charge is 0.276 e. The molecule has 6 heteroatoms. The summed E-state index contributed by atoms with van der Waals surface area (Å²) in [7, 11) is 0. The number of carbonyl (C=O) groups is 1. The van der Waals surface area contributed by atoms with Gasteiger partial charge in [0.25, 0.3) is 5.91 Å². The quantitative estimate of drug-likeness (QED) is 0.786. The van der Waals surface area contributed by atoms with Gasteiger partial charge >= 0.3 is 0 Å². The fourth-order valence-corrected chi connectivity index (χ4v) is 4.22. The van der Waals surface area contributed by atoms with Crippen molar-refractivity contribution in [2.75, 3.05) is 5.32 Å². The van der Waals surface area contributed by atoms with Crippen molar-refractivity contribution in [3.05, 3.63) is 52.2 Å². The first-order valence-corrected chi connectivity index (χ1v) is 8.38. The van der Waals surface area contributed by atoms with E-state index in [0.717, 1.165) is 36.8 Å². The fourth-order valence-electron chi connectivity index (χ4n) is 2.99. The highest BCUT2D eigenvalue weighted by Crippen LogP contribution is 2.37. The molecule has 0 radical (unpaired) electrons. The van der Waals surface area contributed by atoms with Gasteiger partial charge in [0.15, 0.2) is 5.69 Å². The molecular formula is C17H14N4OS. The molecule has 1 N–H and O–H groups in total. The van der Waals surface area contributed by atoms with Crippen molar-refractivity contribution < 1.29 is 4.79 Å². The Hall–Kier alpha value is -2.65. The molecule has 0 aromatic carbocycles. The van der Waals surface area contributed by atoms with Gasteiger partial charge in [-0.05, 0) is 49.4 Å². The van der Waals surface area contributed by atoms with E-state index in [-0.39, 0.29) is 5.91 Å². The molecule has 3 aromatic rings. The zero-order valence-electron chi connectivity index (χ0n) is 12.4. The van der Waals surface area contributed by atoms with Crippen molar-refractivity contribution in [2.24, 2.45) is 0 Å². The predicted molar refractivity (Wildman–Crippen MR) is 88.8 cm³/mol. The number of aryl methyl sites for hydroxylation is 1. The van der Waals surface area contributed by atoms with Gasteiger partial charge < -0.3 is 5.32 Å². The molecule has 3 aromatic heterocycles. The molecule has 114 valence electrons.